The Morgan fingerprint density at radius 2 is 1.88 bits per heavy atom. The third kappa shape index (κ3) is 3.91. The van der Waals surface area contributed by atoms with Crippen molar-refractivity contribution in [2.45, 2.75) is 11.1 Å². The molecule has 3 heterocycles. The van der Waals surface area contributed by atoms with Crippen LogP contribution in [0.25, 0.3) is 21.0 Å². The number of rotatable bonds is 4. The van der Waals surface area contributed by atoms with Crippen LogP contribution in [-0.4, -0.2) is 39.6 Å². The van der Waals surface area contributed by atoms with E-state index < -0.39 is 10.0 Å². The zero-order chi connectivity index (χ0) is 22.5. The molecule has 0 radical (unpaired) electrons. The van der Waals surface area contributed by atoms with Gasteiger partial charge in [-0.3, -0.25) is 9.71 Å². The number of halogens is 2. The molecule has 2 aromatic carbocycles. The molecule has 2 N–H and O–H groups in total. The van der Waals surface area contributed by atoms with Gasteiger partial charge in [-0.2, -0.15) is 0 Å². The summed E-state index contributed by atoms with van der Waals surface area (Å²) < 4.78 is 30.3. The van der Waals surface area contributed by atoms with E-state index >= 15 is 0 Å². The molecule has 0 saturated carbocycles. The number of piperazine rings is 1. The van der Waals surface area contributed by atoms with Crippen LogP contribution in [0, 0.1) is 6.92 Å². The van der Waals surface area contributed by atoms with Crippen molar-refractivity contribution in [1.29, 1.82) is 0 Å². The lowest BCUT2D eigenvalue weighted by Gasteiger charge is -2.30. The summed E-state index contributed by atoms with van der Waals surface area (Å²) in [5, 5.41) is 5.93. The molecule has 1 aliphatic heterocycles. The summed E-state index contributed by atoms with van der Waals surface area (Å²) in [6.07, 6.45) is 1.79. The summed E-state index contributed by atoms with van der Waals surface area (Å²) in [4.78, 5) is 6.74. The zero-order valence-corrected chi connectivity index (χ0v) is 20.3. The van der Waals surface area contributed by atoms with Crippen LogP contribution >= 0.6 is 34.5 Å². The van der Waals surface area contributed by atoms with E-state index in [2.05, 4.69) is 19.9 Å². The number of aromatic nitrogens is 1. The van der Waals surface area contributed by atoms with Gasteiger partial charge >= 0.3 is 0 Å². The average Bonchev–Trinajstić information content (AvgIpc) is 3.11. The highest BCUT2D eigenvalue weighted by Crippen LogP contribution is 2.40. The van der Waals surface area contributed by atoms with Gasteiger partial charge < -0.3 is 10.2 Å². The minimum atomic E-state index is -3.82. The molecule has 0 atom stereocenters. The molecule has 0 bridgehead atoms. The number of aryl methyl sites for hydroxylation is 1. The number of hydrogen-bond donors (Lipinski definition) is 2. The molecule has 1 aliphatic rings. The highest BCUT2D eigenvalue weighted by Gasteiger charge is 2.24. The zero-order valence-electron chi connectivity index (χ0n) is 17.2. The largest absolute Gasteiger partial charge is 0.368 e. The van der Waals surface area contributed by atoms with Crippen molar-refractivity contribution in [2.24, 2.45) is 0 Å². The molecule has 0 spiro atoms. The van der Waals surface area contributed by atoms with Gasteiger partial charge in [0.05, 0.1) is 15.2 Å². The highest BCUT2D eigenvalue weighted by atomic mass is 35.5. The fourth-order valence-corrected chi connectivity index (χ4v) is 7.45. The molecule has 10 heteroatoms. The minimum absolute atomic E-state index is 0.227. The first-order chi connectivity index (χ1) is 15.3. The van der Waals surface area contributed by atoms with Crippen LogP contribution in [0.5, 0.6) is 0 Å². The van der Waals surface area contributed by atoms with Crippen molar-refractivity contribution in [3.8, 4) is 0 Å². The maximum atomic E-state index is 13.3. The van der Waals surface area contributed by atoms with Crippen LogP contribution < -0.4 is 14.9 Å². The van der Waals surface area contributed by atoms with Crippen molar-refractivity contribution in [2.75, 3.05) is 35.8 Å². The Morgan fingerprint density at radius 1 is 1.09 bits per heavy atom. The standard InChI is InChI=1S/C22H20Cl2N4O2S2/c1-13-16-10-14(23)11-18(24)21(16)31-22(13)32(29,30)27-15-2-3-19-17(12-15)20(4-5-26-19)28-8-6-25-7-9-28/h2-5,10-12,25,27H,6-9H2,1H3. The van der Waals surface area contributed by atoms with E-state index in [4.69, 9.17) is 23.2 Å². The number of nitrogens with zero attached hydrogens (tertiary/aromatic N) is 2. The molecule has 0 unspecified atom stereocenters. The van der Waals surface area contributed by atoms with Gasteiger partial charge in [0.25, 0.3) is 10.0 Å². The Balaban J connectivity index is 1.54. The minimum Gasteiger partial charge on any atom is -0.368 e. The first kappa shape index (κ1) is 21.7. The fraction of sp³-hybridized carbons (Fsp3) is 0.227. The van der Waals surface area contributed by atoms with Crippen molar-refractivity contribution in [1.82, 2.24) is 10.3 Å². The predicted octanol–water partition coefficient (Wildman–Crippen LogP) is 5.28. The molecular weight excluding hydrogens is 487 g/mol. The van der Waals surface area contributed by atoms with Crippen molar-refractivity contribution in [3.05, 3.63) is 58.2 Å². The molecule has 1 saturated heterocycles. The molecule has 2 aromatic heterocycles. The number of hydrogen-bond acceptors (Lipinski definition) is 6. The number of anilines is 2. The van der Waals surface area contributed by atoms with E-state index in [9.17, 15) is 8.42 Å². The van der Waals surface area contributed by atoms with Gasteiger partial charge in [0, 0.05) is 54.2 Å². The molecule has 0 amide bonds. The predicted molar refractivity (Wildman–Crippen MR) is 134 cm³/mol. The Morgan fingerprint density at radius 3 is 2.66 bits per heavy atom. The highest BCUT2D eigenvalue weighted by molar-refractivity contribution is 7.95. The smallest absolute Gasteiger partial charge is 0.271 e. The van der Waals surface area contributed by atoms with Crippen LogP contribution in [0.3, 0.4) is 0 Å². The van der Waals surface area contributed by atoms with Crippen LogP contribution in [0.2, 0.25) is 10.0 Å². The Kier molecular flexibility index (Phi) is 5.67. The first-order valence-electron chi connectivity index (χ1n) is 10.1. The summed E-state index contributed by atoms with van der Waals surface area (Å²) in [6.45, 7) is 5.37. The maximum Gasteiger partial charge on any atom is 0.271 e. The van der Waals surface area contributed by atoms with E-state index in [1.165, 1.54) is 0 Å². The van der Waals surface area contributed by atoms with E-state index in [1.54, 1.807) is 31.3 Å². The van der Waals surface area contributed by atoms with Gasteiger partial charge in [0.15, 0.2) is 0 Å². The number of sulfonamides is 1. The Bertz CT molecular complexity index is 1450. The lowest BCUT2D eigenvalue weighted by atomic mass is 10.1. The van der Waals surface area contributed by atoms with E-state index in [0.717, 1.165) is 59.5 Å². The normalized spacial score (nSPS) is 14.9. The molecule has 166 valence electrons. The second-order valence-corrected chi connectivity index (χ2v) is 11.4. The van der Waals surface area contributed by atoms with Crippen molar-refractivity contribution >= 4 is 76.9 Å². The third-order valence-corrected chi connectivity index (χ3v) is 9.56. The molecule has 0 aliphatic carbocycles. The molecule has 4 aromatic rings. The molecular formula is C22H20Cl2N4O2S2. The summed E-state index contributed by atoms with van der Waals surface area (Å²) in [6, 6.07) is 10.8. The maximum absolute atomic E-state index is 13.3. The lowest BCUT2D eigenvalue weighted by molar-refractivity contribution is 0.590. The summed E-state index contributed by atoms with van der Waals surface area (Å²) >= 11 is 13.6. The Labute approximate surface area is 200 Å². The molecule has 1 fully saturated rings. The van der Waals surface area contributed by atoms with Crippen molar-refractivity contribution < 1.29 is 8.42 Å². The quantitative estimate of drug-likeness (QED) is 0.394. The SMILES string of the molecule is Cc1c(S(=O)(=O)Nc2ccc3nccc(N4CCNCC4)c3c2)sc2c(Cl)cc(Cl)cc12. The first-order valence-corrected chi connectivity index (χ1v) is 13.1. The number of nitrogens with one attached hydrogen (secondary N) is 2. The molecule has 6 nitrogen and oxygen atoms in total. The van der Waals surface area contributed by atoms with E-state index in [0.29, 0.717) is 26.0 Å². The van der Waals surface area contributed by atoms with E-state index in [-0.39, 0.29) is 4.21 Å². The van der Waals surface area contributed by atoms with E-state index in [1.807, 2.05) is 18.2 Å². The molecule has 32 heavy (non-hydrogen) atoms. The molecule has 5 rings (SSSR count). The van der Waals surface area contributed by atoms with Gasteiger partial charge in [0.1, 0.15) is 4.21 Å². The van der Waals surface area contributed by atoms with Crippen molar-refractivity contribution in [3.63, 3.8) is 0 Å². The lowest BCUT2D eigenvalue weighted by Crippen LogP contribution is -2.43. The number of fused-ring (bicyclic) bond motifs is 2. The average molecular weight is 507 g/mol. The van der Waals surface area contributed by atoms with Crippen LogP contribution in [-0.2, 0) is 10.0 Å². The van der Waals surface area contributed by atoms with Gasteiger partial charge in [0.2, 0.25) is 0 Å². The summed E-state index contributed by atoms with van der Waals surface area (Å²) in [7, 11) is -3.82. The number of benzene rings is 2. The Hall–Kier alpha value is -2.10. The van der Waals surface area contributed by atoms with Gasteiger partial charge in [-0.1, -0.05) is 23.2 Å². The summed E-state index contributed by atoms with van der Waals surface area (Å²) in [5.74, 6) is 0. The van der Waals surface area contributed by atoms with Gasteiger partial charge in [-0.15, -0.1) is 11.3 Å². The fourth-order valence-electron chi connectivity index (χ4n) is 4.06. The van der Waals surface area contributed by atoms with Gasteiger partial charge in [-0.05, 0) is 54.3 Å². The number of thiophene rings is 1. The third-order valence-electron chi connectivity index (χ3n) is 5.59. The second kappa shape index (κ2) is 8.35. The van der Waals surface area contributed by atoms with Gasteiger partial charge in [-0.25, -0.2) is 8.42 Å². The summed E-state index contributed by atoms with van der Waals surface area (Å²) in [5.41, 5.74) is 2.99. The monoisotopic (exact) mass is 506 g/mol. The topological polar surface area (TPSA) is 74.3 Å². The van der Waals surface area contributed by atoms with Crippen LogP contribution in [0.4, 0.5) is 11.4 Å². The van der Waals surface area contributed by atoms with Crippen LogP contribution in [0.1, 0.15) is 5.56 Å². The second-order valence-electron chi connectivity index (χ2n) is 7.68. The number of pyridine rings is 1. The van der Waals surface area contributed by atoms with Crippen LogP contribution in [0.15, 0.2) is 46.8 Å².